The van der Waals surface area contributed by atoms with E-state index in [1.54, 1.807) is 0 Å². The van der Waals surface area contributed by atoms with Crippen LogP contribution in [-0.2, 0) is 31.1 Å². The lowest BCUT2D eigenvalue weighted by Crippen LogP contribution is -2.23. The first-order valence-corrected chi connectivity index (χ1v) is 29.8. The molecule has 0 spiro atoms. The maximum Gasteiger partial charge on any atom is 0.113 e. The molecule has 14 rings (SSSR count). The van der Waals surface area contributed by atoms with Crippen molar-refractivity contribution in [2.75, 3.05) is 9.80 Å². The highest BCUT2D eigenvalue weighted by molar-refractivity contribution is 7.00. The SMILES string of the molecule is CCCC(C)(c1ccc(C)cc1)c1ccc(-c2ccc(N(c3ccc(-c4ccc(-c5ccc(N(c6ccc(C)cc6)c6cccc(-c7ccc8c(c7)CC8)c6)cc5)c5nsnc45)cc3)c3cccc(-c4ccc5c(c4)CC5)c3)cc2)cc1. The molecule has 0 radical (unpaired) electrons. The number of anilines is 6. The molecule has 0 fully saturated rings. The minimum absolute atomic E-state index is 0.0553. The second kappa shape index (κ2) is 21.4. The Morgan fingerprint density at radius 3 is 1.11 bits per heavy atom. The first kappa shape index (κ1) is 51.0. The number of aromatic nitrogens is 2. The van der Waals surface area contributed by atoms with Crippen molar-refractivity contribution < 1.29 is 0 Å². The Morgan fingerprint density at radius 1 is 0.354 bits per heavy atom. The van der Waals surface area contributed by atoms with Gasteiger partial charge in [0.25, 0.3) is 0 Å². The van der Waals surface area contributed by atoms with Gasteiger partial charge in [-0.05, 0) is 197 Å². The van der Waals surface area contributed by atoms with Gasteiger partial charge in [0, 0.05) is 50.7 Å². The highest BCUT2D eigenvalue weighted by atomic mass is 32.1. The maximum atomic E-state index is 4.95. The van der Waals surface area contributed by atoms with Gasteiger partial charge in [0.1, 0.15) is 11.0 Å². The molecule has 1 heterocycles. The number of rotatable bonds is 15. The summed E-state index contributed by atoms with van der Waals surface area (Å²) in [7, 11) is 0. The summed E-state index contributed by atoms with van der Waals surface area (Å²) < 4.78 is 9.90. The molecule has 0 amide bonds. The van der Waals surface area contributed by atoms with Crippen molar-refractivity contribution >= 4 is 56.9 Å². The molecule has 2 aliphatic carbocycles. The second-order valence-corrected chi connectivity index (χ2v) is 23.4. The third kappa shape index (κ3) is 9.59. The molecule has 1 unspecified atom stereocenters. The van der Waals surface area contributed by atoms with E-state index in [4.69, 9.17) is 8.75 Å². The molecule has 398 valence electrons. The quantitative estimate of drug-likeness (QED) is 0.102. The summed E-state index contributed by atoms with van der Waals surface area (Å²) in [5.74, 6) is 0. The molecule has 1 atom stereocenters. The van der Waals surface area contributed by atoms with Crippen LogP contribution in [0, 0.1) is 13.8 Å². The average Bonchev–Trinajstić information content (AvgIpc) is 4.17. The smallest absolute Gasteiger partial charge is 0.113 e. The highest BCUT2D eigenvalue weighted by Gasteiger charge is 2.28. The number of benzene rings is 11. The van der Waals surface area contributed by atoms with Crippen LogP contribution in [-0.4, -0.2) is 8.75 Å². The van der Waals surface area contributed by atoms with E-state index in [0.29, 0.717) is 0 Å². The molecule has 0 saturated heterocycles. The Kier molecular flexibility index (Phi) is 13.3. The van der Waals surface area contributed by atoms with Crippen molar-refractivity contribution in [2.24, 2.45) is 0 Å². The zero-order chi connectivity index (χ0) is 55.3. The molecular formula is C77H64N4S. The number of hydrogen-bond donors (Lipinski definition) is 0. The van der Waals surface area contributed by atoms with Crippen molar-refractivity contribution in [3.05, 3.63) is 287 Å². The van der Waals surface area contributed by atoms with E-state index < -0.39 is 0 Å². The summed E-state index contributed by atoms with van der Waals surface area (Å²) in [5, 5.41) is 0. The molecule has 5 heteroatoms. The number of nitrogens with zero attached hydrogens (tertiary/aromatic N) is 4. The molecule has 12 aromatic rings. The third-order valence-corrected chi connectivity index (χ3v) is 18.1. The number of hydrogen-bond acceptors (Lipinski definition) is 5. The van der Waals surface area contributed by atoms with E-state index in [-0.39, 0.29) is 5.41 Å². The Hall–Kier alpha value is -9.16. The Labute approximate surface area is 487 Å². The normalized spacial score (nSPS) is 13.1. The van der Waals surface area contributed by atoms with E-state index in [0.717, 1.165) is 86.7 Å². The predicted molar refractivity (Wildman–Crippen MR) is 346 cm³/mol. The summed E-state index contributed by atoms with van der Waals surface area (Å²) in [6.45, 7) is 8.99. The van der Waals surface area contributed by atoms with Crippen LogP contribution in [0.25, 0.3) is 66.7 Å². The summed E-state index contributed by atoms with van der Waals surface area (Å²) in [6, 6.07) is 90.5. The first-order valence-electron chi connectivity index (χ1n) is 29.1. The molecule has 82 heavy (non-hydrogen) atoms. The third-order valence-electron chi connectivity index (χ3n) is 17.6. The van der Waals surface area contributed by atoms with Crippen LogP contribution in [0.5, 0.6) is 0 Å². The molecule has 11 aromatic carbocycles. The van der Waals surface area contributed by atoms with Gasteiger partial charge in [0.05, 0.1) is 11.7 Å². The minimum atomic E-state index is -0.0553. The Balaban J connectivity index is 0.767. The van der Waals surface area contributed by atoms with Crippen LogP contribution in [0.3, 0.4) is 0 Å². The summed E-state index contributed by atoms with van der Waals surface area (Å²) in [6.07, 6.45) is 6.88. The first-order chi connectivity index (χ1) is 40.2. The van der Waals surface area contributed by atoms with Gasteiger partial charge in [-0.3, -0.25) is 0 Å². The van der Waals surface area contributed by atoms with Crippen molar-refractivity contribution in [3.63, 3.8) is 0 Å². The lowest BCUT2D eigenvalue weighted by molar-refractivity contribution is 0.512. The monoisotopic (exact) mass is 1080 g/mol. The zero-order valence-corrected chi connectivity index (χ0v) is 47.9. The Bertz CT molecular complexity index is 4290. The van der Waals surface area contributed by atoms with Crippen LogP contribution < -0.4 is 9.80 Å². The van der Waals surface area contributed by atoms with Gasteiger partial charge in [-0.25, -0.2) is 0 Å². The minimum Gasteiger partial charge on any atom is -0.310 e. The summed E-state index contributed by atoms with van der Waals surface area (Å²) in [5.41, 5.74) is 31.2. The fourth-order valence-corrected chi connectivity index (χ4v) is 13.2. The summed E-state index contributed by atoms with van der Waals surface area (Å²) in [4.78, 5) is 4.74. The standard InChI is InChI=1S/C77H64N4S/c1-5-46-77(4,65-32-12-51(2)13-33-65)66-34-24-53(25-35-66)54-26-38-68(39-27-54)81(72-11-7-9-60(50-72)64-23-19-56-17-21-62(56)48-64)70-42-30-58(31-43-70)74-45-44-73(75-76(74)79-82-78-75)57-28-40-69(41-29-57)80(67-36-14-52(3)15-37-67)71-10-6-8-59(49-71)63-22-18-55-16-20-61(55)47-63/h6-15,18-19,22-45,47-50H,5,16-17,20-21,46H2,1-4H3. The molecule has 0 aliphatic heterocycles. The largest absolute Gasteiger partial charge is 0.310 e. The van der Waals surface area contributed by atoms with E-state index >= 15 is 0 Å². The average molecular weight is 1080 g/mol. The fourth-order valence-electron chi connectivity index (χ4n) is 12.6. The van der Waals surface area contributed by atoms with E-state index in [9.17, 15) is 0 Å². The van der Waals surface area contributed by atoms with Gasteiger partial charge in [-0.1, -0.05) is 201 Å². The Morgan fingerprint density at radius 2 is 0.707 bits per heavy atom. The van der Waals surface area contributed by atoms with Crippen LogP contribution in [0.15, 0.2) is 243 Å². The highest BCUT2D eigenvalue weighted by Crippen LogP contribution is 2.44. The van der Waals surface area contributed by atoms with Crippen LogP contribution in [0.4, 0.5) is 34.1 Å². The van der Waals surface area contributed by atoms with Crippen molar-refractivity contribution in [1.29, 1.82) is 0 Å². The lowest BCUT2D eigenvalue weighted by Gasteiger charge is -2.31. The van der Waals surface area contributed by atoms with Crippen molar-refractivity contribution in [2.45, 2.75) is 71.6 Å². The van der Waals surface area contributed by atoms with Gasteiger partial charge in [0.15, 0.2) is 0 Å². The molecular weight excluding hydrogens is 1010 g/mol. The maximum absolute atomic E-state index is 4.95. The fraction of sp³-hybridized carbons (Fsp3) is 0.143. The lowest BCUT2D eigenvalue weighted by atomic mass is 9.73. The van der Waals surface area contributed by atoms with Gasteiger partial charge in [0.2, 0.25) is 0 Å². The molecule has 0 bridgehead atoms. The van der Waals surface area contributed by atoms with Crippen LogP contribution in [0.2, 0.25) is 0 Å². The van der Waals surface area contributed by atoms with E-state index in [1.165, 1.54) is 109 Å². The van der Waals surface area contributed by atoms with Gasteiger partial charge >= 0.3 is 0 Å². The van der Waals surface area contributed by atoms with E-state index in [1.807, 2.05) is 0 Å². The van der Waals surface area contributed by atoms with E-state index in [2.05, 4.69) is 280 Å². The number of fused-ring (bicyclic) bond motifs is 3. The van der Waals surface area contributed by atoms with Crippen LogP contribution >= 0.6 is 11.7 Å². The molecule has 2 aliphatic rings. The topological polar surface area (TPSA) is 32.3 Å². The summed E-state index contributed by atoms with van der Waals surface area (Å²) >= 11 is 1.27. The molecule has 4 nitrogen and oxygen atoms in total. The van der Waals surface area contributed by atoms with Gasteiger partial charge in [-0.2, -0.15) is 8.75 Å². The van der Waals surface area contributed by atoms with Gasteiger partial charge in [-0.15, -0.1) is 0 Å². The molecule has 0 saturated carbocycles. The van der Waals surface area contributed by atoms with Crippen molar-refractivity contribution in [3.8, 4) is 55.6 Å². The molecule has 1 aromatic heterocycles. The van der Waals surface area contributed by atoms with Crippen LogP contribution in [0.1, 0.15) is 71.2 Å². The molecule has 0 N–H and O–H groups in total. The number of aryl methyl sites for hydroxylation is 6. The predicted octanol–water partition coefficient (Wildman–Crippen LogP) is 20.9. The van der Waals surface area contributed by atoms with Crippen molar-refractivity contribution in [1.82, 2.24) is 8.75 Å². The zero-order valence-electron chi connectivity index (χ0n) is 47.0. The second-order valence-electron chi connectivity index (χ2n) is 22.9. The van der Waals surface area contributed by atoms with Gasteiger partial charge < -0.3 is 9.80 Å².